The first-order valence-electron chi connectivity index (χ1n) is 11.7. The second-order valence-electron chi connectivity index (χ2n) is 8.37. The Balaban J connectivity index is 1.73. The molecule has 0 radical (unpaired) electrons. The van der Waals surface area contributed by atoms with Gasteiger partial charge in [0.15, 0.2) is 10.8 Å². The van der Waals surface area contributed by atoms with Crippen LogP contribution in [-0.4, -0.2) is 73.0 Å². The van der Waals surface area contributed by atoms with Crippen LogP contribution in [0.1, 0.15) is 16.6 Å². The molecule has 11 nitrogen and oxygen atoms in total. The van der Waals surface area contributed by atoms with Crippen molar-refractivity contribution in [2.24, 2.45) is 4.99 Å². The summed E-state index contributed by atoms with van der Waals surface area (Å²) >= 11 is 7.67. The molecule has 212 valence electrons. The van der Waals surface area contributed by atoms with Crippen LogP contribution >= 0.6 is 22.9 Å². The Labute approximate surface area is 235 Å². The number of cyclic esters (lactones) is 1. The van der Waals surface area contributed by atoms with Crippen LogP contribution in [0.4, 0.5) is 22.8 Å². The van der Waals surface area contributed by atoms with Crippen LogP contribution in [-0.2, 0) is 9.47 Å². The van der Waals surface area contributed by atoms with E-state index < -0.39 is 36.7 Å². The molecule has 4 rings (SSSR count). The van der Waals surface area contributed by atoms with E-state index in [4.69, 9.17) is 26.7 Å². The first-order valence-corrected chi connectivity index (χ1v) is 12.9. The van der Waals surface area contributed by atoms with Crippen LogP contribution < -0.4 is 16.0 Å². The van der Waals surface area contributed by atoms with E-state index in [-0.39, 0.29) is 35.9 Å². The maximum atomic E-state index is 13.9. The molecule has 1 saturated heterocycles. The van der Waals surface area contributed by atoms with E-state index in [0.29, 0.717) is 22.1 Å². The van der Waals surface area contributed by atoms with Gasteiger partial charge < -0.3 is 30.8 Å². The number of hydrogen-bond donors (Lipinski definition) is 4. The quantitative estimate of drug-likeness (QED) is 0.241. The molecule has 0 aliphatic carbocycles. The number of alkyl carbamates (subject to hydrolysis) is 1. The third kappa shape index (κ3) is 6.90. The van der Waals surface area contributed by atoms with Gasteiger partial charge in [-0.25, -0.2) is 19.0 Å². The van der Waals surface area contributed by atoms with E-state index >= 15 is 0 Å². The summed E-state index contributed by atoms with van der Waals surface area (Å²) in [7, 11) is 1.21. The molecule has 2 aliphatic heterocycles. The molecule has 2 aliphatic rings. The maximum absolute atomic E-state index is 13.9. The number of nitrogens with one attached hydrogen (secondary N) is 4. The number of nitrogens with zero attached hydrogens (tertiary/aromatic N) is 3. The number of methoxy groups -OCH3 is 1. The number of benzene rings is 1. The zero-order valence-electron chi connectivity index (χ0n) is 20.8. The van der Waals surface area contributed by atoms with Gasteiger partial charge in [0.1, 0.15) is 18.0 Å². The number of aromatic nitrogens is 1. The summed E-state index contributed by atoms with van der Waals surface area (Å²) < 4.78 is 49.2. The van der Waals surface area contributed by atoms with E-state index in [1.165, 1.54) is 35.5 Å². The smallest absolute Gasteiger partial charge is 0.410 e. The monoisotopic (exact) mass is 597 g/mol. The highest BCUT2D eigenvalue weighted by Gasteiger charge is 2.36. The third-order valence-corrected chi connectivity index (χ3v) is 6.85. The lowest BCUT2D eigenvalue weighted by molar-refractivity contribution is 0.125. The minimum atomic E-state index is -2.85. The Hall–Kier alpha value is -4.11. The summed E-state index contributed by atoms with van der Waals surface area (Å²) in [6, 6.07) is 2.72. The van der Waals surface area contributed by atoms with Gasteiger partial charge in [-0.05, 0) is 18.2 Å². The van der Waals surface area contributed by atoms with E-state index in [9.17, 15) is 22.8 Å². The Morgan fingerprint density at radius 3 is 2.92 bits per heavy atom. The van der Waals surface area contributed by atoms with Crippen LogP contribution in [0.25, 0.3) is 0 Å². The molecule has 3 heterocycles. The predicted molar refractivity (Wildman–Crippen MR) is 141 cm³/mol. The largest absolute Gasteiger partial charge is 0.453 e. The summed E-state index contributed by atoms with van der Waals surface area (Å²) in [4.78, 5) is 34.4. The van der Waals surface area contributed by atoms with Gasteiger partial charge in [-0.1, -0.05) is 17.7 Å². The molecule has 0 bridgehead atoms. The average molecular weight is 598 g/mol. The zero-order valence-corrected chi connectivity index (χ0v) is 22.4. The van der Waals surface area contributed by atoms with Gasteiger partial charge in [0, 0.05) is 39.6 Å². The second kappa shape index (κ2) is 12.8. The summed E-state index contributed by atoms with van der Waals surface area (Å²) in [5.74, 6) is -0.279. The number of ether oxygens (including phenoxy) is 2. The van der Waals surface area contributed by atoms with Crippen molar-refractivity contribution in [3.63, 3.8) is 0 Å². The highest BCUT2D eigenvalue weighted by atomic mass is 35.5. The van der Waals surface area contributed by atoms with Gasteiger partial charge in [0.25, 0.3) is 0 Å². The van der Waals surface area contributed by atoms with E-state index in [2.05, 4.69) is 20.4 Å². The third-order valence-electron chi connectivity index (χ3n) is 5.74. The number of amides is 2. The fraction of sp³-hybridized carbons (Fsp3) is 0.292. The number of carbonyl (C=O) groups is 2. The lowest BCUT2D eigenvalue weighted by Gasteiger charge is -2.30. The number of halogens is 4. The molecule has 40 heavy (non-hydrogen) atoms. The summed E-state index contributed by atoms with van der Waals surface area (Å²) in [6.45, 7) is -2.87. The minimum absolute atomic E-state index is 0.00569. The lowest BCUT2D eigenvalue weighted by atomic mass is 9.91. The molecule has 1 aromatic carbocycles. The SMILES string of the molecule is COC(=O)NC[C@H]1CN(CC2=C(C(=N)/C=C\NC(F)F)[C@H](c3ccc(F)cc3Cl)N=C(c3nccs3)N2)C(=O)O1. The molecule has 4 N–H and O–H groups in total. The van der Waals surface area contributed by atoms with Crippen LogP contribution in [0.5, 0.6) is 0 Å². The lowest BCUT2D eigenvalue weighted by Crippen LogP contribution is -2.40. The highest BCUT2D eigenvalue weighted by molar-refractivity contribution is 7.11. The number of alkyl halides is 2. The fourth-order valence-electron chi connectivity index (χ4n) is 4.00. The van der Waals surface area contributed by atoms with Gasteiger partial charge in [-0.15, -0.1) is 11.3 Å². The number of allylic oxidation sites excluding steroid dienone is 1. The van der Waals surface area contributed by atoms with E-state index in [1.807, 2.05) is 0 Å². The van der Waals surface area contributed by atoms with Crippen molar-refractivity contribution in [1.29, 1.82) is 5.41 Å². The van der Waals surface area contributed by atoms with Crippen LogP contribution in [0, 0.1) is 11.2 Å². The molecular weight excluding hydrogens is 575 g/mol. The Kier molecular flexibility index (Phi) is 9.26. The topological polar surface area (TPSA) is 141 Å². The predicted octanol–water partition coefficient (Wildman–Crippen LogP) is 3.80. The van der Waals surface area contributed by atoms with Crippen molar-refractivity contribution < 1.29 is 32.2 Å². The first kappa shape index (κ1) is 28.9. The average Bonchev–Trinajstić information content (AvgIpc) is 3.57. The van der Waals surface area contributed by atoms with Crippen LogP contribution in [0.3, 0.4) is 0 Å². The maximum Gasteiger partial charge on any atom is 0.410 e. The van der Waals surface area contributed by atoms with Crippen molar-refractivity contribution in [3.8, 4) is 0 Å². The number of amidine groups is 1. The molecule has 2 amide bonds. The van der Waals surface area contributed by atoms with Crippen molar-refractivity contribution in [1.82, 2.24) is 25.8 Å². The molecule has 2 aromatic rings. The van der Waals surface area contributed by atoms with E-state index in [1.54, 1.807) is 16.9 Å². The molecular formula is C24H23ClF3N7O4S. The van der Waals surface area contributed by atoms with E-state index in [0.717, 1.165) is 18.3 Å². The standard InChI is InChI=1S/C24H23ClF3N7O4S/c1-38-23(36)32-9-13-10-35(24(37)39-13)11-17-18(16(29)4-5-31-22(27)28)19(14-3-2-12(26)8-15(14)25)34-20(33-17)21-30-6-7-40-21/h2-8,13,19,22,29,31H,9-11H2,1H3,(H,32,36)(H,33,34)/b5-4-,29-16?/t13-,19-/m0/s1. The van der Waals surface area contributed by atoms with Crippen molar-refractivity contribution in [2.45, 2.75) is 18.7 Å². The van der Waals surface area contributed by atoms with Gasteiger partial charge in [0.05, 0.1) is 32.5 Å². The number of hydrogen-bond acceptors (Lipinski definition) is 10. The molecule has 0 saturated carbocycles. The Morgan fingerprint density at radius 2 is 2.25 bits per heavy atom. The van der Waals surface area contributed by atoms with Crippen LogP contribution in [0.15, 0.2) is 58.3 Å². The van der Waals surface area contributed by atoms with Gasteiger partial charge in [-0.3, -0.25) is 9.89 Å². The van der Waals surface area contributed by atoms with Crippen molar-refractivity contribution >= 4 is 46.7 Å². The van der Waals surface area contributed by atoms with Gasteiger partial charge in [-0.2, -0.15) is 8.78 Å². The summed E-state index contributed by atoms with van der Waals surface area (Å²) in [6.07, 6.45) is 1.56. The summed E-state index contributed by atoms with van der Waals surface area (Å²) in [5.41, 5.74) is 0.635. The molecule has 1 fully saturated rings. The highest BCUT2D eigenvalue weighted by Crippen LogP contribution is 2.37. The molecule has 16 heteroatoms. The van der Waals surface area contributed by atoms with Gasteiger partial charge in [0.2, 0.25) is 0 Å². The number of aliphatic imine (C=N–C) groups is 1. The summed E-state index contributed by atoms with van der Waals surface area (Å²) in [5, 5.41) is 18.4. The number of rotatable bonds is 10. The Bertz CT molecular complexity index is 1370. The molecule has 0 unspecified atom stereocenters. The molecule has 0 spiro atoms. The minimum Gasteiger partial charge on any atom is -0.453 e. The first-order chi connectivity index (χ1) is 19.2. The molecule has 2 atom stereocenters. The normalized spacial score (nSPS) is 19.0. The number of thiazole rings is 1. The van der Waals surface area contributed by atoms with Gasteiger partial charge >= 0.3 is 18.7 Å². The second-order valence-corrected chi connectivity index (χ2v) is 9.68. The van der Waals surface area contributed by atoms with Crippen molar-refractivity contribution in [2.75, 3.05) is 26.7 Å². The molecule has 1 aromatic heterocycles. The zero-order chi connectivity index (χ0) is 28.8. The Morgan fingerprint density at radius 1 is 1.45 bits per heavy atom. The fourth-order valence-corrected chi connectivity index (χ4v) is 4.86. The van der Waals surface area contributed by atoms with Crippen molar-refractivity contribution in [3.05, 3.63) is 74.7 Å². The van der Waals surface area contributed by atoms with Crippen LogP contribution in [0.2, 0.25) is 5.02 Å². The number of carbonyl (C=O) groups excluding carboxylic acids is 2.